The van der Waals surface area contributed by atoms with Gasteiger partial charge in [-0.15, -0.1) is 0 Å². The van der Waals surface area contributed by atoms with Gasteiger partial charge in [-0.1, -0.05) is 36.4 Å². The first kappa shape index (κ1) is 17.3. The lowest BCUT2D eigenvalue weighted by molar-refractivity contribution is 0.476. The van der Waals surface area contributed by atoms with E-state index in [1.54, 1.807) is 24.3 Å². The number of primary sulfonamides is 1. The van der Waals surface area contributed by atoms with Crippen molar-refractivity contribution in [2.75, 3.05) is 19.0 Å². The number of rotatable bonds is 4. The van der Waals surface area contributed by atoms with Gasteiger partial charge in [-0.25, -0.2) is 13.6 Å². The van der Waals surface area contributed by atoms with Crippen molar-refractivity contribution in [2.24, 2.45) is 5.14 Å². The molecule has 0 saturated heterocycles. The van der Waals surface area contributed by atoms with E-state index >= 15 is 0 Å². The van der Waals surface area contributed by atoms with E-state index in [0.29, 0.717) is 17.2 Å². The van der Waals surface area contributed by atoms with Gasteiger partial charge < -0.3 is 10.0 Å². The van der Waals surface area contributed by atoms with Gasteiger partial charge in [0.1, 0.15) is 5.75 Å². The molecule has 0 heterocycles. The number of sulfonamides is 1. The fourth-order valence-corrected chi connectivity index (χ4v) is 3.63. The van der Waals surface area contributed by atoms with Gasteiger partial charge in [-0.05, 0) is 29.3 Å². The van der Waals surface area contributed by atoms with E-state index in [1.165, 1.54) is 6.07 Å². The molecule has 0 aliphatic heterocycles. The van der Waals surface area contributed by atoms with E-state index in [0.717, 1.165) is 16.8 Å². The summed E-state index contributed by atoms with van der Waals surface area (Å²) in [5.74, 6) is 0.0830. The summed E-state index contributed by atoms with van der Waals surface area (Å²) in [7, 11) is 0.112. The average molecular weight is 356 g/mol. The predicted molar refractivity (Wildman–Crippen MR) is 101 cm³/mol. The largest absolute Gasteiger partial charge is 0.507 e. The van der Waals surface area contributed by atoms with Gasteiger partial charge in [-0.3, -0.25) is 0 Å². The first-order chi connectivity index (χ1) is 11.8. The van der Waals surface area contributed by atoms with Crippen molar-refractivity contribution >= 4 is 26.5 Å². The summed E-state index contributed by atoms with van der Waals surface area (Å²) >= 11 is 0. The molecule has 25 heavy (non-hydrogen) atoms. The van der Waals surface area contributed by atoms with E-state index < -0.39 is 10.0 Å². The molecule has 3 N–H and O–H groups in total. The molecule has 0 atom stereocenters. The number of aromatic hydroxyl groups is 1. The highest BCUT2D eigenvalue weighted by atomic mass is 32.2. The van der Waals surface area contributed by atoms with Gasteiger partial charge in [0.05, 0.1) is 4.90 Å². The Balaban J connectivity index is 2.02. The number of phenolic OH excluding ortho intramolecular Hbond substituents is 1. The molecule has 0 amide bonds. The quantitative estimate of drug-likeness (QED) is 0.753. The van der Waals surface area contributed by atoms with Gasteiger partial charge in [0.2, 0.25) is 10.0 Å². The maximum atomic E-state index is 11.7. The molecule has 0 aromatic heterocycles. The van der Waals surface area contributed by atoms with E-state index in [-0.39, 0.29) is 10.6 Å². The number of phenols is 1. The third-order valence-corrected chi connectivity index (χ3v) is 5.20. The molecule has 0 aliphatic rings. The number of hydrogen-bond acceptors (Lipinski definition) is 4. The fraction of sp³-hybridized carbons (Fsp3) is 0.158. The van der Waals surface area contributed by atoms with Gasteiger partial charge in [0.25, 0.3) is 0 Å². The standard InChI is InChI=1S/C19H20N2O3S/c1-21(2)15-9-6-13(7-10-15)12-14-8-11-16-17(19(14)22)4-3-5-18(16)25(20,23)24/h3-11,22H,12H2,1-2H3,(H2,20,23,24). The Bertz CT molecular complexity index is 1030. The Kier molecular flexibility index (Phi) is 4.41. The third kappa shape index (κ3) is 3.45. The fourth-order valence-electron chi connectivity index (χ4n) is 2.88. The zero-order chi connectivity index (χ0) is 18.2. The molecule has 6 heteroatoms. The van der Waals surface area contributed by atoms with Crippen LogP contribution < -0.4 is 10.0 Å². The van der Waals surface area contributed by atoms with Crippen LogP contribution in [0, 0.1) is 0 Å². The van der Waals surface area contributed by atoms with Crippen molar-refractivity contribution in [3.05, 3.63) is 65.7 Å². The van der Waals surface area contributed by atoms with Gasteiger partial charge >= 0.3 is 0 Å². The summed E-state index contributed by atoms with van der Waals surface area (Å²) in [4.78, 5) is 2.04. The molecule has 0 fully saturated rings. The van der Waals surface area contributed by atoms with Crippen LogP contribution in [0.4, 0.5) is 5.69 Å². The molecular weight excluding hydrogens is 336 g/mol. The highest BCUT2D eigenvalue weighted by Gasteiger charge is 2.15. The molecule has 3 aromatic carbocycles. The van der Waals surface area contributed by atoms with Gasteiger partial charge in [-0.2, -0.15) is 0 Å². The summed E-state index contributed by atoms with van der Waals surface area (Å²) in [6.45, 7) is 0. The van der Waals surface area contributed by atoms with Crippen molar-refractivity contribution in [2.45, 2.75) is 11.3 Å². The molecule has 0 bridgehead atoms. The van der Waals surface area contributed by atoms with Crippen molar-refractivity contribution in [1.29, 1.82) is 0 Å². The second-order valence-corrected chi connectivity index (χ2v) is 7.74. The van der Waals surface area contributed by atoms with Crippen LogP contribution in [0.5, 0.6) is 5.75 Å². The van der Waals surface area contributed by atoms with Crippen molar-refractivity contribution < 1.29 is 13.5 Å². The molecule has 0 unspecified atom stereocenters. The van der Waals surface area contributed by atoms with E-state index in [2.05, 4.69) is 0 Å². The molecule has 0 spiro atoms. The van der Waals surface area contributed by atoms with Crippen LogP contribution in [0.2, 0.25) is 0 Å². The van der Waals surface area contributed by atoms with Crippen LogP contribution in [0.25, 0.3) is 10.8 Å². The predicted octanol–water partition coefficient (Wildman–Crippen LogP) is 2.85. The summed E-state index contributed by atoms with van der Waals surface area (Å²) in [6.07, 6.45) is 0.551. The normalized spacial score (nSPS) is 11.6. The SMILES string of the molecule is CN(C)c1ccc(Cc2ccc3c(S(N)(=O)=O)cccc3c2O)cc1. The number of hydrogen-bond donors (Lipinski definition) is 2. The molecule has 0 saturated carbocycles. The van der Waals surface area contributed by atoms with Crippen molar-refractivity contribution in [1.82, 2.24) is 0 Å². The second kappa shape index (κ2) is 6.38. The molecule has 5 nitrogen and oxygen atoms in total. The van der Waals surface area contributed by atoms with Crippen LogP contribution >= 0.6 is 0 Å². The highest BCUT2D eigenvalue weighted by molar-refractivity contribution is 7.89. The molecule has 130 valence electrons. The molecule has 0 aliphatic carbocycles. The lowest BCUT2D eigenvalue weighted by atomic mass is 9.99. The van der Waals surface area contributed by atoms with Crippen LogP contribution in [-0.4, -0.2) is 27.6 Å². The lowest BCUT2D eigenvalue weighted by Gasteiger charge is -2.13. The summed E-state index contributed by atoms with van der Waals surface area (Å²) in [5.41, 5.74) is 2.89. The summed E-state index contributed by atoms with van der Waals surface area (Å²) < 4.78 is 23.4. The maximum Gasteiger partial charge on any atom is 0.238 e. The number of nitrogens with zero attached hydrogens (tertiary/aromatic N) is 1. The summed E-state index contributed by atoms with van der Waals surface area (Å²) in [6, 6.07) is 16.2. The average Bonchev–Trinajstić information content (AvgIpc) is 2.56. The van der Waals surface area contributed by atoms with Crippen LogP contribution in [-0.2, 0) is 16.4 Å². The number of benzene rings is 3. The van der Waals surface area contributed by atoms with Crippen LogP contribution in [0.1, 0.15) is 11.1 Å². The molecule has 0 radical (unpaired) electrons. The minimum absolute atomic E-state index is 0.0159. The minimum Gasteiger partial charge on any atom is -0.507 e. The number of nitrogens with two attached hydrogens (primary N) is 1. The van der Waals surface area contributed by atoms with Crippen LogP contribution in [0.15, 0.2) is 59.5 Å². The number of anilines is 1. The second-order valence-electron chi connectivity index (χ2n) is 6.21. The minimum atomic E-state index is -3.85. The third-order valence-electron chi connectivity index (χ3n) is 4.23. The Labute approximate surface area is 147 Å². The topological polar surface area (TPSA) is 83.6 Å². The zero-order valence-corrected chi connectivity index (χ0v) is 14.9. The first-order valence-corrected chi connectivity index (χ1v) is 9.34. The lowest BCUT2D eigenvalue weighted by Crippen LogP contribution is -2.12. The highest BCUT2D eigenvalue weighted by Crippen LogP contribution is 2.33. The van der Waals surface area contributed by atoms with Crippen molar-refractivity contribution in [3.8, 4) is 5.75 Å². The van der Waals surface area contributed by atoms with Gasteiger partial charge in [0, 0.05) is 37.0 Å². The zero-order valence-electron chi connectivity index (χ0n) is 14.1. The Morgan fingerprint density at radius 3 is 2.24 bits per heavy atom. The molecular formula is C19H20N2O3S. The summed E-state index contributed by atoms with van der Waals surface area (Å²) in [5, 5.41) is 16.8. The molecule has 3 aromatic rings. The maximum absolute atomic E-state index is 11.7. The van der Waals surface area contributed by atoms with E-state index in [4.69, 9.17) is 5.14 Å². The van der Waals surface area contributed by atoms with Gasteiger partial charge in [0.15, 0.2) is 0 Å². The smallest absolute Gasteiger partial charge is 0.238 e. The van der Waals surface area contributed by atoms with Crippen LogP contribution in [0.3, 0.4) is 0 Å². The van der Waals surface area contributed by atoms with Crippen molar-refractivity contribution in [3.63, 3.8) is 0 Å². The first-order valence-electron chi connectivity index (χ1n) is 7.80. The molecule has 3 rings (SSSR count). The Morgan fingerprint density at radius 1 is 0.960 bits per heavy atom. The van der Waals surface area contributed by atoms with E-state index in [9.17, 15) is 13.5 Å². The van der Waals surface area contributed by atoms with E-state index in [1.807, 2.05) is 43.3 Å². The monoisotopic (exact) mass is 356 g/mol. The Hall–Kier alpha value is -2.57. The number of fused-ring (bicyclic) bond motifs is 1. The Morgan fingerprint density at radius 2 is 1.64 bits per heavy atom.